The maximum atomic E-state index is 12.4. The molecule has 3 rings (SSSR count). The number of aryl methyl sites for hydroxylation is 1. The monoisotopic (exact) mass is 408 g/mol. The molecule has 0 atom stereocenters. The number of hydrogen-bond donors (Lipinski definition) is 1. The molecule has 0 aliphatic rings. The van der Waals surface area contributed by atoms with E-state index in [1.54, 1.807) is 6.92 Å². The van der Waals surface area contributed by atoms with Crippen molar-refractivity contribution in [3.05, 3.63) is 51.5 Å². The van der Waals surface area contributed by atoms with Gasteiger partial charge in [-0.1, -0.05) is 53.7 Å². The molecule has 0 saturated heterocycles. The number of aromatic nitrogens is 2. The van der Waals surface area contributed by atoms with Crippen molar-refractivity contribution >= 4 is 56.9 Å². The van der Waals surface area contributed by atoms with Gasteiger partial charge in [-0.15, -0.1) is 11.3 Å². The van der Waals surface area contributed by atoms with Gasteiger partial charge in [-0.25, -0.2) is 14.8 Å². The zero-order chi connectivity index (χ0) is 18.7. The number of ether oxygens (including phenoxy) is 1. The Morgan fingerprint density at radius 2 is 2.00 bits per heavy atom. The second kappa shape index (κ2) is 8.03. The maximum absolute atomic E-state index is 12.4. The second-order valence-electron chi connectivity index (χ2n) is 5.28. The number of carbonyl (C=O) groups is 2. The van der Waals surface area contributed by atoms with Crippen LogP contribution in [0, 0.1) is 6.92 Å². The lowest BCUT2D eigenvalue weighted by molar-refractivity contribution is -0.133. The summed E-state index contributed by atoms with van der Waals surface area (Å²) in [6.07, 6.45) is 0. The summed E-state index contributed by atoms with van der Waals surface area (Å²) in [5.41, 5.74) is 1.55. The van der Waals surface area contributed by atoms with Crippen molar-refractivity contribution in [3.8, 4) is 0 Å². The molecule has 0 aliphatic heterocycles. The molecule has 2 heterocycles. The summed E-state index contributed by atoms with van der Waals surface area (Å²) in [6, 6.07) is 9.39. The van der Waals surface area contributed by atoms with Crippen LogP contribution in [0.3, 0.4) is 0 Å². The number of thiophene rings is 1. The summed E-state index contributed by atoms with van der Waals surface area (Å²) in [7, 11) is 0. The van der Waals surface area contributed by atoms with Crippen LogP contribution in [-0.2, 0) is 16.1 Å². The number of carboxylic acids is 1. The smallest absolute Gasteiger partial charge is 0.349 e. The highest BCUT2D eigenvalue weighted by molar-refractivity contribution is 7.99. The van der Waals surface area contributed by atoms with Crippen LogP contribution >= 0.6 is 34.7 Å². The Bertz CT molecular complexity index is 976. The van der Waals surface area contributed by atoms with E-state index in [1.807, 2.05) is 30.3 Å². The van der Waals surface area contributed by atoms with Crippen molar-refractivity contribution in [1.82, 2.24) is 9.97 Å². The van der Waals surface area contributed by atoms with Crippen LogP contribution in [0.2, 0.25) is 5.15 Å². The van der Waals surface area contributed by atoms with E-state index < -0.39 is 11.9 Å². The number of thioether (sulfide) groups is 1. The third kappa shape index (κ3) is 4.14. The van der Waals surface area contributed by atoms with Crippen molar-refractivity contribution < 1.29 is 19.4 Å². The number of fused-ring (bicyclic) bond motifs is 1. The minimum absolute atomic E-state index is 0.168. The first kappa shape index (κ1) is 18.6. The van der Waals surface area contributed by atoms with E-state index in [0.717, 1.165) is 28.7 Å². The van der Waals surface area contributed by atoms with E-state index in [1.165, 1.54) is 0 Å². The Hall–Kier alpha value is -2.16. The third-order valence-electron chi connectivity index (χ3n) is 3.45. The lowest BCUT2D eigenvalue weighted by atomic mass is 10.2. The summed E-state index contributed by atoms with van der Waals surface area (Å²) in [5, 5.41) is 9.80. The molecule has 0 amide bonds. The van der Waals surface area contributed by atoms with Crippen molar-refractivity contribution in [2.75, 3.05) is 5.75 Å². The van der Waals surface area contributed by atoms with Gasteiger partial charge in [0.05, 0.1) is 11.1 Å². The summed E-state index contributed by atoms with van der Waals surface area (Å²) in [4.78, 5) is 32.5. The highest BCUT2D eigenvalue weighted by Gasteiger charge is 2.21. The number of carboxylic acid groups (broad SMARTS) is 1. The molecule has 26 heavy (non-hydrogen) atoms. The van der Waals surface area contributed by atoms with Crippen LogP contribution in [0.25, 0.3) is 10.2 Å². The van der Waals surface area contributed by atoms with Gasteiger partial charge in [0, 0.05) is 0 Å². The molecule has 2 aromatic heterocycles. The average Bonchev–Trinajstić information content (AvgIpc) is 2.96. The molecule has 9 heteroatoms. The lowest BCUT2D eigenvalue weighted by Gasteiger charge is -2.04. The Balaban J connectivity index is 1.84. The van der Waals surface area contributed by atoms with E-state index in [0.29, 0.717) is 20.7 Å². The molecule has 0 radical (unpaired) electrons. The first-order chi connectivity index (χ1) is 12.5. The molecule has 0 aliphatic carbocycles. The largest absolute Gasteiger partial charge is 0.481 e. The van der Waals surface area contributed by atoms with Gasteiger partial charge in [0.15, 0.2) is 5.16 Å². The molecular weight excluding hydrogens is 396 g/mol. The van der Waals surface area contributed by atoms with Crippen molar-refractivity contribution in [3.63, 3.8) is 0 Å². The number of benzene rings is 1. The van der Waals surface area contributed by atoms with Crippen LogP contribution in [0.15, 0.2) is 35.5 Å². The summed E-state index contributed by atoms with van der Waals surface area (Å²) >= 11 is 8.35. The summed E-state index contributed by atoms with van der Waals surface area (Å²) in [5.74, 6) is -1.59. The highest BCUT2D eigenvalue weighted by atomic mass is 35.5. The van der Waals surface area contributed by atoms with Gasteiger partial charge in [-0.3, -0.25) is 4.79 Å². The number of carbonyl (C=O) groups excluding carboxylic acids is 1. The first-order valence-electron chi connectivity index (χ1n) is 7.48. The van der Waals surface area contributed by atoms with Gasteiger partial charge in [-0.2, -0.15) is 0 Å². The number of esters is 1. The van der Waals surface area contributed by atoms with Crippen molar-refractivity contribution in [1.29, 1.82) is 0 Å². The Morgan fingerprint density at radius 3 is 2.69 bits per heavy atom. The van der Waals surface area contributed by atoms with E-state index in [2.05, 4.69) is 9.97 Å². The first-order valence-corrected chi connectivity index (χ1v) is 9.66. The van der Waals surface area contributed by atoms with E-state index in [4.69, 9.17) is 21.4 Å². The molecule has 1 aromatic carbocycles. The minimum atomic E-state index is -0.970. The molecule has 6 nitrogen and oxygen atoms in total. The number of aliphatic carboxylic acids is 1. The van der Waals surface area contributed by atoms with Gasteiger partial charge < -0.3 is 9.84 Å². The molecular formula is C17H13ClN2O4S2. The predicted molar refractivity (Wildman–Crippen MR) is 101 cm³/mol. The third-order valence-corrected chi connectivity index (χ3v) is 5.72. The number of nitrogens with zero attached hydrogens (tertiary/aromatic N) is 2. The van der Waals surface area contributed by atoms with Gasteiger partial charge in [0.2, 0.25) is 0 Å². The Labute approximate surface area is 162 Å². The Kier molecular flexibility index (Phi) is 5.75. The standard InChI is InChI=1S/C17H13ClN2O4S2/c1-9-12-14(18)19-17(25-8-11(21)22)20-15(12)26-13(9)16(23)24-7-10-5-3-2-4-6-10/h2-6H,7-8H2,1H3,(H,21,22). The normalized spacial score (nSPS) is 10.8. The van der Waals surface area contributed by atoms with Gasteiger partial charge in [0.1, 0.15) is 21.5 Å². The second-order valence-corrected chi connectivity index (χ2v) is 7.58. The molecule has 0 spiro atoms. The lowest BCUT2D eigenvalue weighted by Crippen LogP contribution is -2.04. The minimum Gasteiger partial charge on any atom is -0.481 e. The molecule has 0 unspecified atom stereocenters. The fourth-order valence-corrected chi connectivity index (χ4v) is 4.36. The number of rotatable bonds is 6. The Morgan fingerprint density at radius 1 is 1.27 bits per heavy atom. The summed E-state index contributed by atoms with van der Waals surface area (Å²) < 4.78 is 5.37. The molecule has 134 valence electrons. The van der Waals surface area contributed by atoms with Crippen LogP contribution in [-0.4, -0.2) is 32.8 Å². The molecule has 3 aromatic rings. The SMILES string of the molecule is Cc1c(C(=O)OCc2ccccc2)sc2nc(SCC(=O)O)nc(Cl)c12. The van der Waals surface area contributed by atoms with Gasteiger partial charge >= 0.3 is 11.9 Å². The molecule has 0 fully saturated rings. The van der Waals surface area contributed by atoms with Gasteiger partial charge in [0.25, 0.3) is 0 Å². The zero-order valence-corrected chi connectivity index (χ0v) is 16.0. The van der Waals surface area contributed by atoms with Crippen LogP contribution < -0.4 is 0 Å². The van der Waals surface area contributed by atoms with Crippen molar-refractivity contribution in [2.45, 2.75) is 18.7 Å². The fraction of sp³-hybridized carbons (Fsp3) is 0.176. The number of halogens is 1. The molecule has 0 saturated carbocycles. The quantitative estimate of drug-likeness (QED) is 0.283. The van der Waals surface area contributed by atoms with E-state index in [9.17, 15) is 9.59 Å². The van der Waals surface area contributed by atoms with Crippen LogP contribution in [0.5, 0.6) is 0 Å². The van der Waals surface area contributed by atoms with Gasteiger partial charge in [-0.05, 0) is 18.1 Å². The fourth-order valence-electron chi connectivity index (χ4n) is 2.25. The maximum Gasteiger partial charge on any atom is 0.349 e. The summed E-state index contributed by atoms with van der Waals surface area (Å²) in [6.45, 7) is 1.93. The number of hydrogen-bond acceptors (Lipinski definition) is 7. The molecule has 1 N–H and O–H groups in total. The predicted octanol–water partition coefficient (Wildman–Crippen LogP) is 4.19. The topological polar surface area (TPSA) is 89.4 Å². The zero-order valence-electron chi connectivity index (χ0n) is 13.6. The molecule has 0 bridgehead atoms. The van der Waals surface area contributed by atoms with Crippen molar-refractivity contribution in [2.24, 2.45) is 0 Å². The van der Waals surface area contributed by atoms with Crippen LogP contribution in [0.1, 0.15) is 20.8 Å². The highest BCUT2D eigenvalue weighted by Crippen LogP contribution is 2.35. The van der Waals surface area contributed by atoms with E-state index >= 15 is 0 Å². The van der Waals surface area contributed by atoms with Crippen LogP contribution in [0.4, 0.5) is 0 Å². The van der Waals surface area contributed by atoms with E-state index in [-0.39, 0.29) is 22.7 Å². The average molecular weight is 409 g/mol.